The maximum atomic E-state index is 11.8. The zero-order chi connectivity index (χ0) is 12.4. The summed E-state index contributed by atoms with van der Waals surface area (Å²) < 4.78 is 0. The third-order valence-corrected chi connectivity index (χ3v) is 2.39. The first-order valence-corrected chi connectivity index (χ1v) is 4.90. The third-order valence-electron chi connectivity index (χ3n) is 2.39. The van der Waals surface area contributed by atoms with Gasteiger partial charge in [-0.2, -0.15) is 0 Å². The first kappa shape index (κ1) is 14.5. The molecule has 0 radical (unpaired) electrons. The normalized spacial score (nSPS) is 11.0. The van der Waals surface area contributed by atoms with Gasteiger partial charge < -0.3 is 17.3 Å². The molecule has 0 unspecified atom stereocenters. The number of ketones is 1. The second kappa shape index (κ2) is 5.86. The third kappa shape index (κ3) is 2.81. The first-order chi connectivity index (χ1) is 8.09. The summed E-state index contributed by atoms with van der Waals surface area (Å²) in [6, 6.07) is 7.26. The van der Waals surface area contributed by atoms with E-state index in [1.54, 1.807) is 18.3 Å². The summed E-state index contributed by atoms with van der Waals surface area (Å²) in [7, 11) is 0. The minimum atomic E-state index is -1.31. The Labute approximate surface area is 126 Å². The summed E-state index contributed by atoms with van der Waals surface area (Å²) in [6.07, 6.45) is 2.45. The zero-order valence-corrected chi connectivity index (χ0v) is 11.8. The molecule has 0 saturated carbocycles. The van der Waals surface area contributed by atoms with Gasteiger partial charge in [-0.05, 0) is 6.07 Å². The van der Waals surface area contributed by atoms with Gasteiger partial charge in [-0.3, -0.25) is 4.79 Å². The molecule has 5 nitrogen and oxygen atoms in total. The fourth-order valence-corrected chi connectivity index (χ4v) is 1.56. The number of para-hydroxylation sites is 1. The van der Waals surface area contributed by atoms with Crippen LogP contribution in [0.1, 0.15) is 11.8 Å². The Hall–Kier alpha value is -1.56. The van der Waals surface area contributed by atoms with Crippen molar-refractivity contribution in [2.75, 3.05) is 0 Å². The monoisotopic (exact) mass is 254 g/mol. The molecule has 0 atom stereocenters. The number of nitrogens with one attached hydrogen (secondary N) is 1. The fraction of sp³-hybridized carbons (Fsp3) is 0. The molecule has 0 aliphatic carbocycles. The van der Waals surface area contributed by atoms with Crippen molar-refractivity contribution in [1.82, 2.24) is 4.98 Å². The first-order valence-electron chi connectivity index (χ1n) is 4.90. The average molecular weight is 254 g/mol. The fourth-order valence-electron chi connectivity index (χ4n) is 1.56. The summed E-state index contributed by atoms with van der Waals surface area (Å²) in [6.45, 7) is 0. The van der Waals surface area contributed by atoms with E-state index in [4.69, 9.17) is 10.8 Å². The number of benzene rings is 1. The van der Waals surface area contributed by atoms with E-state index < -0.39 is 17.4 Å². The molecule has 0 fully saturated rings. The number of allylic oxidation sites excluding steroid dienone is 1. The van der Waals surface area contributed by atoms with Crippen LogP contribution < -0.4 is 35.3 Å². The number of carboxylic acids is 1. The number of aliphatic carboxylic acids is 1. The molecule has 4 N–H and O–H groups in total. The zero-order valence-electron chi connectivity index (χ0n) is 10.8. The van der Waals surface area contributed by atoms with Crippen LogP contribution in [0.2, 0.25) is 0 Å². The van der Waals surface area contributed by atoms with E-state index in [9.17, 15) is 9.59 Å². The summed E-state index contributed by atoms with van der Waals surface area (Å²) in [5.41, 5.74) is 5.95. The van der Waals surface area contributed by atoms with Crippen LogP contribution in [0.3, 0.4) is 0 Å². The van der Waals surface area contributed by atoms with Crippen LogP contribution in [-0.4, -0.2) is 21.8 Å². The van der Waals surface area contributed by atoms with Gasteiger partial charge in [0.15, 0.2) is 5.78 Å². The largest absolute Gasteiger partial charge is 1.00 e. The Balaban J connectivity index is 0.00000162. The van der Waals surface area contributed by atoms with E-state index in [2.05, 4.69) is 4.98 Å². The predicted octanol–water partition coefficient (Wildman–Crippen LogP) is -1.61. The Kier molecular flexibility index (Phi) is 4.72. The number of carbonyl (C=O) groups is 2. The standard InChI is InChI=1S/C12H10N2O3.Na.H/c13-9(12(16)17)5-11(15)8-6-14-10-4-2-1-3-7(8)10;;/h1-6,14H,13H2,(H,16,17);;/q;+1;-1/b9-5-;;. The molecule has 0 spiro atoms. The van der Waals surface area contributed by atoms with Crippen LogP contribution in [0.15, 0.2) is 42.2 Å². The summed E-state index contributed by atoms with van der Waals surface area (Å²) >= 11 is 0. The maximum absolute atomic E-state index is 11.8. The minimum Gasteiger partial charge on any atom is -1.00 e. The molecular weight excluding hydrogens is 243 g/mol. The smallest absolute Gasteiger partial charge is 1.00 e. The number of carboxylic acid groups (broad SMARTS) is 1. The van der Waals surface area contributed by atoms with E-state index >= 15 is 0 Å². The summed E-state index contributed by atoms with van der Waals surface area (Å²) in [5.74, 6) is -1.74. The van der Waals surface area contributed by atoms with Crippen LogP contribution in [0.4, 0.5) is 0 Å². The van der Waals surface area contributed by atoms with Gasteiger partial charge in [0, 0.05) is 28.7 Å². The van der Waals surface area contributed by atoms with E-state index in [0.29, 0.717) is 5.56 Å². The Morgan fingerprint density at radius 3 is 2.67 bits per heavy atom. The van der Waals surface area contributed by atoms with E-state index in [-0.39, 0.29) is 31.0 Å². The number of nitrogens with two attached hydrogens (primary N) is 1. The molecule has 0 amide bonds. The molecule has 2 aromatic rings. The number of aromatic nitrogens is 1. The average Bonchev–Trinajstić information content (AvgIpc) is 2.72. The number of H-pyrrole nitrogens is 1. The molecule has 88 valence electrons. The van der Waals surface area contributed by atoms with Gasteiger partial charge in [0.05, 0.1) is 0 Å². The van der Waals surface area contributed by atoms with E-state index in [1.165, 1.54) is 0 Å². The van der Waals surface area contributed by atoms with Gasteiger partial charge in [-0.15, -0.1) is 0 Å². The number of carbonyl (C=O) groups excluding carboxylic acids is 1. The number of rotatable bonds is 3. The van der Waals surface area contributed by atoms with Crippen molar-refractivity contribution in [2.45, 2.75) is 0 Å². The molecule has 0 aliphatic rings. The second-order valence-electron chi connectivity index (χ2n) is 3.52. The van der Waals surface area contributed by atoms with E-state index in [1.807, 2.05) is 12.1 Å². The van der Waals surface area contributed by atoms with Crippen LogP contribution in [-0.2, 0) is 4.79 Å². The van der Waals surface area contributed by atoms with E-state index in [0.717, 1.165) is 17.0 Å². The van der Waals surface area contributed by atoms with Crippen molar-refractivity contribution in [3.8, 4) is 0 Å². The van der Waals surface area contributed by atoms with Gasteiger partial charge in [0.25, 0.3) is 0 Å². The SMILES string of the molecule is N/C(=C\C(=O)c1c[nH]c2ccccc12)C(=O)O.[H-].[Na+]. The molecule has 2 rings (SSSR count). The quantitative estimate of drug-likeness (QED) is 0.349. The number of hydrogen-bond donors (Lipinski definition) is 3. The van der Waals surface area contributed by atoms with Crippen molar-refractivity contribution in [1.29, 1.82) is 0 Å². The number of fused-ring (bicyclic) bond motifs is 1. The molecule has 6 heteroatoms. The molecule has 18 heavy (non-hydrogen) atoms. The van der Waals surface area contributed by atoms with Crippen molar-refractivity contribution in [2.24, 2.45) is 5.73 Å². The topological polar surface area (TPSA) is 96.2 Å². The van der Waals surface area contributed by atoms with Crippen LogP contribution >= 0.6 is 0 Å². The minimum absolute atomic E-state index is 0. The number of aromatic amines is 1. The van der Waals surface area contributed by atoms with Crippen LogP contribution in [0.5, 0.6) is 0 Å². The van der Waals surface area contributed by atoms with Crippen molar-refractivity contribution < 1.29 is 45.7 Å². The Morgan fingerprint density at radius 2 is 2.00 bits per heavy atom. The van der Waals surface area contributed by atoms with Crippen molar-refractivity contribution in [3.63, 3.8) is 0 Å². The second-order valence-corrected chi connectivity index (χ2v) is 3.52. The van der Waals surface area contributed by atoms with Gasteiger partial charge in [-0.1, -0.05) is 18.2 Å². The Bertz CT molecular complexity index is 637. The molecular formula is C12H11N2NaO3. The van der Waals surface area contributed by atoms with Crippen molar-refractivity contribution >= 4 is 22.7 Å². The molecule has 0 bridgehead atoms. The summed E-state index contributed by atoms with van der Waals surface area (Å²) in [5, 5.41) is 9.33. The summed E-state index contributed by atoms with van der Waals surface area (Å²) in [4.78, 5) is 25.2. The van der Waals surface area contributed by atoms with Gasteiger partial charge >= 0.3 is 35.5 Å². The van der Waals surface area contributed by atoms with Gasteiger partial charge in [-0.25, -0.2) is 4.79 Å². The van der Waals surface area contributed by atoms with Crippen LogP contribution in [0.25, 0.3) is 10.9 Å². The molecule has 0 aliphatic heterocycles. The van der Waals surface area contributed by atoms with Gasteiger partial charge in [0.2, 0.25) is 0 Å². The predicted molar refractivity (Wildman–Crippen MR) is 63.6 cm³/mol. The Morgan fingerprint density at radius 1 is 1.33 bits per heavy atom. The number of hydrogen-bond acceptors (Lipinski definition) is 3. The van der Waals surface area contributed by atoms with Crippen molar-refractivity contribution in [3.05, 3.63) is 47.8 Å². The van der Waals surface area contributed by atoms with Gasteiger partial charge in [0.1, 0.15) is 5.70 Å². The molecule has 1 heterocycles. The molecule has 1 aromatic heterocycles. The molecule has 1 aromatic carbocycles. The molecule has 0 saturated heterocycles. The van der Waals surface area contributed by atoms with Crippen LogP contribution in [0, 0.1) is 0 Å². The maximum Gasteiger partial charge on any atom is 1.00 e.